The van der Waals surface area contributed by atoms with Gasteiger partial charge in [0, 0.05) is 25.0 Å². The molecule has 28 heavy (non-hydrogen) atoms. The normalized spacial score (nSPS) is 13.9. The SMILES string of the molecule is CCOC(=O)[C@@H](N)CNC(=O)c1cc(CCc2ccc3c(n2)NCCC3)c[nH]1. The fraction of sp³-hybridized carbons (Fsp3) is 0.450. The van der Waals surface area contributed by atoms with Crippen molar-refractivity contribution in [3.05, 3.63) is 46.9 Å². The molecule has 0 unspecified atom stereocenters. The molecule has 2 aromatic heterocycles. The van der Waals surface area contributed by atoms with E-state index in [1.807, 2.05) is 12.3 Å². The van der Waals surface area contributed by atoms with Gasteiger partial charge in [0.25, 0.3) is 5.91 Å². The Hall–Kier alpha value is -2.87. The third-order valence-corrected chi connectivity index (χ3v) is 4.68. The molecule has 2 aromatic rings. The van der Waals surface area contributed by atoms with E-state index in [-0.39, 0.29) is 19.1 Å². The van der Waals surface area contributed by atoms with Gasteiger partial charge in [0.2, 0.25) is 0 Å². The summed E-state index contributed by atoms with van der Waals surface area (Å²) in [7, 11) is 0. The van der Waals surface area contributed by atoms with Crippen molar-refractivity contribution in [3.8, 4) is 0 Å². The highest BCUT2D eigenvalue weighted by molar-refractivity contribution is 5.93. The van der Waals surface area contributed by atoms with E-state index in [2.05, 4.69) is 27.8 Å². The number of aromatic nitrogens is 2. The third-order valence-electron chi connectivity index (χ3n) is 4.68. The summed E-state index contributed by atoms with van der Waals surface area (Å²) in [5.41, 5.74) is 9.44. The Morgan fingerprint density at radius 2 is 2.21 bits per heavy atom. The highest BCUT2D eigenvalue weighted by Gasteiger charge is 2.17. The van der Waals surface area contributed by atoms with Crippen LogP contribution in [0, 0.1) is 0 Å². The van der Waals surface area contributed by atoms with Crippen LogP contribution in [0.15, 0.2) is 24.4 Å². The van der Waals surface area contributed by atoms with Gasteiger partial charge in [-0.1, -0.05) is 6.07 Å². The van der Waals surface area contributed by atoms with Crippen molar-refractivity contribution in [1.82, 2.24) is 15.3 Å². The molecule has 0 fully saturated rings. The summed E-state index contributed by atoms with van der Waals surface area (Å²) in [5.74, 6) is 0.167. The lowest BCUT2D eigenvalue weighted by Gasteiger charge is -2.17. The Morgan fingerprint density at radius 3 is 3.04 bits per heavy atom. The molecule has 8 nitrogen and oxygen atoms in total. The first-order chi connectivity index (χ1) is 13.6. The molecule has 3 rings (SSSR count). The number of H-pyrrole nitrogens is 1. The van der Waals surface area contributed by atoms with Crippen molar-refractivity contribution in [2.24, 2.45) is 5.73 Å². The van der Waals surface area contributed by atoms with Crippen LogP contribution < -0.4 is 16.4 Å². The number of anilines is 1. The van der Waals surface area contributed by atoms with E-state index in [1.165, 1.54) is 5.56 Å². The Kier molecular flexibility index (Phi) is 6.65. The number of ether oxygens (including phenoxy) is 1. The topological polar surface area (TPSA) is 122 Å². The first-order valence-electron chi connectivity index (χ1n) is 9.67. The van der Waals surface area contributed by atoms with Gasteiger partial charge in [-0.3, -0.25) is 9.59 Å². The van der Waals surface area contributed by atoms with Gasteiger partial charge in [0.1, 0.15) is 17.6 Å². The number of amides is 1. The predicted molar refractivity (Wildman–Crippen MR) is 106 cm³/mol. The lowest BCUT2D eigenvalue weighted by atomic mass is 10.1. The number of aryl methyl sites for hydroxylation is 3. The molecule has 1 atom stereocenters. The number of hydrogen-bond acceptors (Lipinski definition) is 6. The highest BCUT2D eigenvalue weighted by atomic mass is 16.5. The minimum atomic E-state index is -0.873. The molecule has 0 saturated carbocycles. The number of rotatable bonds is 8. The molecule has 1 aliphatic heterocycles. The molecule has 0 aromatic carbocycles. The van der Waals surface area contributed by atoms with Crippen LogP contribution in [0.25, 0.3) is 0 Å². The average Bonchev–Trinajstić information content (AvgIpc) is 3.19. The first-order valence-corrected chi connectivity index (χ1v) is 9.67. The number of hydrogen-bond donors (Lipinski definition) is 4. The van der Waals surface area contributed by atoms with Crippen LogP contribution >= 0.6 is 0 Å². The highest BCUT2D eigenvalue weighted by Crippen LogP contribution is 2.20. The van der Waals surface area contributed by atoms with Crippen LogP contribution in [0.3, 0.4) is 0 Å². The van der Waals surface area contributed by atoms with E-state index >= 15 is 0 Å². The van der Waals surface area contributed by atoms with Crippen molar-refractivity contribution in [1.29, 1.82) is 0 Å². The molecule has 8 heteroatoms. The summed E-state index contributed by atoms with van der Waals surface area (Å²) in [4.78, 5) is 31.4. The number of carbonyl (C=O) groups excluding carboxylic acids is 2. The zero-order valence-electron chi connectivity index (χ0n) is 16.1. The van der Waals surface area contributed by atoms with E-state index < -0.39 is 12.0 Å². The zero-order valence-corrected chi connectivity index (χ0v) is 16.1. The Morgan fingerprint density at radius 1 is 1.36 bits per heavy atom. The minimum Gasteiger partial charge on any atom is -0.465 e. The molecule has 0 aliphatic carbocycles. The standard InChI is InChI=1S/C20H27N5O3/c1-2-28-20(27)16(21)12-24-19(26)17-10-13(11-23-17)5-7-15-8-6-14-4-3-9-22-18(14)25-15/h6,8,10-11,16,23H,2-5,7,9,12,21H2,1H3,(H,22,25)(H,24,26)/t16-/m0/s1. The number of esters is 1. The second kappa shape index (κ2) is 9.36. The van der Waals surface area contributed by atoms with Crippen LogP contribution in [0.4, 0.5) is 5.82 Å². The average molecular weight is 385 g/mol. The summed E-state index contributed by atoms with van der Waals surface area (Å²) in [5, 5.41) is 5.99. The molecule has 5 N–H and O–H groups in total. The third kappa shape index (κ3) is 5.10. The molecule has 1 amide bonds. The van der Waals surface area contributed by atoms with Gasteiger partial charge >= 0.3 is 5.97 Å². The molecular weight excluding hydrogens is 358 g/mol. The van der Waals surface area contributed by atoms with Crippen molar-refractivity contribution >= 4 is 17.7 Å². The summed E-state index contributed by atoms with van der Waals surface area (Å²) >= 11 is 0. The summed E-state index contributed by atoms with van der Waals surface area (Å²) < 4.78 is 4.82. The lowest BCUT2D eigenvalue weighted by molar-refractivity contribution is -0.144. The van der Waals surface area contributed by atoms with Crippen LogP contribution in [0.2, 0.25) is 0 Å². The molecule has 3 heterocycles. The van der Waals surface area contributed by atoms with Crippen LogP contribution in [-0.2, 0) is 28.8 Å². The van der Waals surface area contributed by atoms with Crippen molar-refractivity contribution in [2.75, 3.05) is 25.0 Å². The van der Waals surface area contributed by atoms with Gasteiger partial charge in [-0.05, 0) is 55.9 Å². The second-order valence-corrected chi connectivity index (χ2v) is 6.83. The Balaban J connectivity index is 1.50. The first kappa shape index (κ1) is 19.9. The van der Waals surface area contributed by atoms with Gasteiger partial charge in [-0.15, -0.1) is 0 Å². The van der Waals surface area contributed by atoms with Crippen LogP contribution in [0.5, 0.6) is 0 Å². The van der Waals surface area contributed by atoms with E-state index in [9.17, 15) is 9.59 Å². The van der Waals surface area contributed by atoms with E-state index in [0.29, 0.717) is 5.69 Å². The minimum absolute atomic E-state index is 0.0259. The molecule has 0 saturated heterocycles. The quantitative estimate of drug-likeness (QED) is 0.506. The van der Waals surface area contributed by atoms with Crippen LogP contribution in [-0.4, -0.2) is 47.6 Å². The number of nitrogens with one attached hydrogen (secondary N) is 3. The number of carbonyl (C=O) groups is 2. The summed E-state index contributed by atoms with van der Waals surface area (Å²) in [6.45, 7) is 2.97. The zero-order chi connectivity index (χ0) is 19.9. The molecule has 150 valence electrons. The molecule has 1 aliphatic rings. The Labute approximate surface area is 164 Å². The number of aromatic amines is 1. The van der Waals surface area contributed by atoms with E-state index in [0.717, 1.165) is 49.3 Å². The van der Waals surface area contributed by atoms with Gasteiger partial charge in [-0.25, -0.2) is 4.98 Å². The van der Waals surface area contributed by atoms with Gasteiger partial charge < -0.3 is 26.1 Å². The molecule has 0 bridgehead atoms. The smallest absolute Gasteiger partial charge is 0.324 e. The van der Waals surface area contributed by atoms with Crippen LogP contribution in [0.1, 0.15) is 40.7 Å². The van der Waals surface area contributed by atoms with Gasteiger partial charge in [-0.2, -0.15) is 0 Å². The maximum absolute atomic E-state index is 12.2. The van der Waals surface area contributed by atoms with E-state index in [1.54, 1.807) is 6.92 Å². The maximum atomic E-state index is 12.2. The number of nitrogens with two attached hydrogens (primary N) is 1. The fourth-order valence-corrected chi connectivity index (χ4v) is 3.13. The lowest BCUT2D eigenvalue weighted by Crippen LogP contribution is -2.43. The summed E-state index contributed by atoms with van der Waals surface area (Å²) in [6, 6.07) is 5.15. The van der Waals surface area contributed by atoms with Gasteiger partial charge in [0.05, 0.1) is 6.61 Å². The monoisotopic (exact) mass is 385 g/mol. The van der Waals surface area contributed by atoms with Crippen molar-refractivity contribution in [2.45, 2.75) is 38.6 Å². The van der Waals surface area contributed by atoms with Gasteiger partial charge in [0.15, 0.2) is 0 Å². The van der Waals surface area contributed by atoms with Crippen molar-refractivity contribution < 1.29 is 14.3 Å². The van der Waals surface area contributed by atoms with Crippen molar-refractivity contribution in [3.63, 3.8) is 0 Å². The second-order valence-electron chi connectivity index (χ2n) is 6.83. The molecule has 0 radical (unpaired) electrons. The Bertz CT molecular complexity index is 833. The largest absolute Gasteiger partial charge is 0.465 e. The maximum Gasteiger partial charge on any atom is 0.324 e. The van der Waals surface area contributed by atoms with E-state index in [4.69, 9.17) is 15.5 Å². The number of fused-ring (bicyclic) bond motifs is 1. The fourth-order valence-electron chi connectivity index (χ4n) is 3.13. The predicted octanol–water partition coefficient (Wildman–Crippen LogP) is 1.17. The summed E-state index contributed by atoms with van der Waals surface area (Å²) in [6.07, 6.45) is 5.61. The number of pyridine rings is 1. The molecular formula is C20H27N5O3. The number of nitrogens with zero attached hydrogens (tertiary/aromatic N) is 1. The molecule has 0 spiro atoms.